The molecule has 0 fully saturated rings. The van der Waals surface area contributed by atoms with Crippen LogP contribution in [0.1, 0.15) is 23.0 Å². The lowest BCUT2D eigenvalue weighted by atomic mass is 10.2. The van der Waals surface area contributed by atoms with Gasteiger partial charge in [-0.05, 0) is 18.6 Å². The number of amides is 1. The molecule has 0 unspecified atom stereocenters. The van der Waals surface area contributed by atoms with E-state index in [9.17, 15) is 4.79 Å². The highest BCUT2D eigenvalue weighted by molar-refractivity contribution is 7.21. The van der Waals surface area contributed by atoms with Crippen LogP contribution in [-0.4, -0.2) is 12.5 Å². The Morgan fingerprint density at radius 3 is 2.94 bits per heavy atom. The molecule has 0 aliphatic carbocycles. The van der Waals surface area contributed by atoms with Gasteiger partial charge in [-0.15, -0.1) is 11.3 Å². The number of hydrogen-bond donors (Lipinski definition) is 2. The summed E-state index contributed by atoms with van der Waals surface area (Å²) in [7, 11) is 0. The van der Waals surface area contributed by atoms with Gasteiger partial charge >= 0.3 is 0 Å². The lowest BCUT2D eigenvalue weighted by molar-refractivity contribution is 0.0958. The monoisotopic (exact) mass is 268 g/mol. The van der Waals surface area contributed by atoms with Crippen molar-refractivity contribution in [1.82, 2.24) is 5.32 Å². The maximum Gasteiger partial charge on any atom is 0.263 e. The number of carbonyl (C=O) groups excluding carboxylic acids is 1. The summed E-state index contributed by atoms with van der Waals surface area (Å²) in [6, 6.07) is 5.55. The van der Waals surface area contributed by atoms with Gasteiger partial charge in [0.1, 0.15) is 4.88 Å². The molecule has 5 heteroatoms. The largest absolute Gasteiger partial charge is 0.397 e. The molecule has 0 radical (unpaired) electrons. The van der Waals surface area contributed by atoms with Gasteiger partial charge in [0.15, 0.2) is 0 Å². The third-order valence-electron chi connectivity index (χ3n) is 2.44. The van der Waals surface area contributed by atoms with Crippen molar-refractivity contribution in [2.45, 2.75) is 13.3 Å². The van der Waals surface area contributed by atoms with Crippen LogP contribution in [0.5, 0.6) is 0 Å². The van der Waals surface area contributed by atoms with E-state index in [1.807, 2.05) is 19.1 Å². The number of fused-ring (bicyclic) bond motifs is 1. The number of anilines is 1. The van der Waals surface area contributed by atoms with Gasteiger partial charge in [-0.3, -0.25) is 4.79 Å². The molecule has 1 amide bonds. The Morgan fingerprint density at radius 2 is 2.29 bits per heavy atom. The van der Waals surface area contributed by atoms with E-state index in [0.29, 0.717) is 22.1 Å². The maximum atomic E-state index is 11.9. The van der Waals surface area contributed by atoms with E-state index in [1.54, 1.807) is 6.07 Å². The van der Waals surface area contributed by atoms with Crippen molar-refractivity contribution in [3.05, 3.63) is 28.1 Å². The van der Waals surface area contributed by atoms with Crippen LogP contribution in [0.25, 0.3) is 10.1 Å². The summed E-state index contributed by atoms with van der Waals surface area (Å²) >= 11 is 7.45. The molecule has 3 N–H and O–H groups in total. The third kappa shape index (κ3) is 2.23. The van der Waals surface area contributed by atoms with Crippen LogP contribution >= 0.6 is 22.9 Å². The van der Waals surface area contributed by atoms with Crippen molar-refractivity contribution in [3.63, 3.8) is 0 Å². The number of hydrogen-bond acceptors (Lipinski definition) is 3. The highest BCUT2D eigenvalue weighted by Crippen LogP contribution is 2.37. The highest BCUT2D eigenvalue weighted by Gasteiger charge is 2.17. The average molecular weight is 269 g/mol. The average Bonchev–Trinajstić information content (AvgIpc) is 2.65. The topological polar surface area (TPSA) is 55.1 Å². The number of nitrogens with one attached hydrogen (secondary N) is 1. The lowest BCUT2D eigenvalue weighted by Gasteiger charge is -2.01. The van der Waals surface area contributed by atoms with Crippen molar-refractivity contribution in [2.75, 3.05) is 12.3 Å². The van der Waals surface area contributed by atoms with Crippen LogP contribution in [0, 0.1) is 0 Å². The molecule has 0 saturated carbocycles. The van der Waals surface area contributed by atoms with E-state index in [1.165, 1.54) is 11.3 Å². The van der Waals surface area contributed by atoms with Crippen molar-refractivity contribution < 1.29 is 4.79 Å². The summed E-state index contributed by atoms with van der Waals surface area (Å²) in [5.41, 5.74) is 6.45. The molecule has 0 aliphatic heterocycles. The molecular formula is C12H13ClN2OS. The van der Waals surface area contributed by atoms with Crippen molar-refractivity contribution in [3.8, 4) is 0 Å². The molecule has 2 rings (SSSR count). The zero-order chi connectivity index (χ0) is 12.4. The van der Waals surface area contributed by atoms with Gasteiger partial charge in [0, 0.05) is 16.6 Å². The van der Waals surface area contributed by atoms with Gasteiger partial charge in [0.05, 0.1) is 10.7 Å². The predicted octanol–water partition coefficient (Wildman–Crippen LogP) is 3.28. The van der Waals surface area contributed by atoms with Crippen LogP contribution < -0.4 is 11.1 Å². The van der Waals surface area contributed by atoms with E-state index >= 15 is 0 Å². The fourth-order valence-electron chi connectivity index (χ4n) is 1.62. The van der Waals surface area contributed by atoms with Crippen LogP contribution in [0.2, 0.25) is 5.02 Å². The Labute approximate surface area is 109 Å². The summed E-state index contributed by atoms with van der Waals surface area (Å²) in [4.78, 5) is 12.4. The number of thiophene rings is 1. The second-order valence-electron chi connectivity index (χ2n) is 3.71. The second-order valence-corrected chi connectivity index (χ2v) is 5.17. The Morgan fingerprint density at radius 1 is 1.53 bits per heavy atom. The quantitative estimate of drug-likeness (QED) is 0.898. The first-order valence-electron chi connectivity index (χ1n) is 5.39. The molecule has 90 valence electrons. The highest BCUT2D eigenvalue weighted by atomic mass is 35.5. The van der Waals surface area contributed by atoms with E-state index < -0.39 is 0 Å². The smallest absolute Gasteiger partial charge is 0.263 e. The molecule has 3 nitrogen and oxygen atoms in total. The zero-order valence-corrected chi connectivity index (χ0v) is 11.0. The summed E-state index contributed by atoms with van der Waals surface area (Å²) in [5.74, 6) is -0.124. The van der Waals surface area contributed by atoms with Crippen LogP contribution in [0.3, 0.4) is 0 Å². The number of benzene rings is 1. The SMILES string of the molecule is CCCNC(=O)c1sc2cccc(Cl)c2c1N. The maximum absolute atomic E-state index is 11.9. The summed E-state index contributed by atoms with van der Waals surface area (Å²) in [6.45, 7) is 2.66. The molecule has 1 heterocycles. The third-order valence-corrected chi connectivity index (χ3v) is 3.93. The number of carbonyl (C=O) groups is 1. The van der Waals surface area contributed by atoms with E-state index in [-0.39, 0.29) is 5.91 Å². The number of nitrogens with two attached hydrogens (primary N) is 1. The van der Waals surface area contributed by atoms with Gasteiger partial charge in [-0.1, -0.05) is 24.6 Å². The number of nitrogen functional groups attached to an aromatic ring is 1. The molecule has 0 bridgehead atoms. The van der Waals surface area contributed by atoms with E-state index in [2.05, 4.69) is 5.32 Å². The Kier molecular flexibility index (Phi) is 3.54. The van der Waals surface area contributed by atoms with Gasteiger partial charge in [-0.25, -0.2) is 0 Å². The predicted molar refractivity (Wildman–Crippen MR) is 73.9 cm³/mol. The minimum Gasteiger partial charge on any atom is -0.397 e. The Bertz CT molecular complexity index is 565. The zero-order valence-electron chi connectivity index (χ0n) is 9.42. The first kappa shape index (κ1) is 12.2. The molecule has 1 aromatic carbocycles. The van der Waals surface area contributed by atoms with Crippen LogP contribution in [0.15, 0.2) is 18.2 Å². The standard InChI is InChI=1S/C12H13ClN2OS/c1-2-6-15-12(16)11-10(14)9-7(13)4-3-5-8(9)17-11/h3-5H,2,6,14H2,1H3,(H,15,16). The summed E-state index contributed by atoms with van der Waals surface area (Å²) in [5, 5.41) is 4.19. The summed E-state index contributed by atoms with van der Waals surface area (Å²) < 4.78 is 0.941. The summed E-state index contributed by atoms with van der Waals surface area (Å²) in [6.07, 6.45) is 0.900. The Balaban J connectivity index is 2.46. The van der Waals surface area contributed by atoms with Gasteiger partial charge in [-0.2, -0.15) is 0 Å². The van der Waals surface area contributed by atoms with Crippen molar-refractivity contribution in [1.29, 1.82) is 0 Å². The van der Waals surface area contributed by atoms with Crippen molar-refractivity contribution >= 4 is 44.6 Å². The molecule has 17 heavy (non-hydrogen) atoms. The van der Waals surface area contributed by atoms with Crippen molar-refractivity contribution in [2.24, 2.45) is 0 Å². The number of rotatable bonds is 3. The fraction of sp³-hybridized carbons (Fsp3) is 0.250. The minimum atomic E-state index is -0.124. The molecule has 2 aromatic rings. The number of halogens is 1. The van der Waals surface area contributed by atoms with Gasteiger partial charge in [0.25, 0.3) is 5.91 Å². The first-order chi connectivity index (χ1) is 8.15. The fourth-order valence-corrected chi connectivity index (χ4v) is 3.01. The normalized spacial score (nSPS) is 10.7. The lowest BCUT2D eigenvalue weighted by Crippen LogP contribution is -2.23. The first-order valence-corrected chi connectivity index (χ1v) is 6.59. The van der Waals surface area contributed by atoms with E-state index in [4.69, 9.17) is 17.3 Å². The molecule has 0 spiro atoms. The Hall–Kier alpha value is -1.26. The van der Waals surface area contributed by atoms with Crippen LogP contribution in [0.4, 0.5) is 5.69 Å². The molecule has 1 aromatic heterocycles. The molecule has 0 saturated heterocycles. The molecule has 0 atom stereocenters. The van der Waals surface area contributed by atoms with E-state index in [0.717, 1.165) is 16.5 Å². The molecular weight excluding hydrogens is 256 g/mol. The second kappa shape index (κ2) is 4.94. The van der Waals surface area contributed by atoms with Gasteiger partial charge < -0.3 is 11.1 Å². The van der Waals surface area contributed by atoms with Gasteiger partial charge in [0.2, 0.25) is 0 Å². The molecule has 0 aliphatic rings. The van der Waals surface area contributed by atoms with Crippen LogP contribution in [-0.2, 0) is 0 Å². The minimum absolute atomic E-state index is 0.124.